The summed E-state index contributed by atoms with van der Waals surface area (Å²) in [6, 6.07) is 0. The fourth-order valence-corrected chi connectivity index (χ4v) is 3.62. The Morgan fingerprint density at radius 1 is 0.875 bits per heavy atom. The number of hydrogen-bond acceptors (Lipinski definition) is 9. The molecular weight excluding hydrogens is 462 g/mol. The van der Waals surface area contributed by atoms with Gasteiger partial charge in [0.25, 0.3) is 0 Å². The molecule has 0 aromatic carbocycles. The smallest absolute Gasteiger partial charge is 0.422 e. The average molecular weight is 478 g/mol. The van der Waals surface area contributed by atoms with E-state index in [1.165, 1.54) is 0 Å². The molecule has 1 saturated heterocycles. The van der Waals surface area contributed by atoms with Crippen LogP contribution in [0.3, 0.4) is 0 Å². The van der Waals surface area contributed by atoms with Gasteiger partial charge in [0.05, 0.1) is 19.8 Å². The van der Waals surface area contributed by atoms with Crippen LogP contribution in [0.15, 0.2) is 11.1 Å². The quantitative estimate of drug-likeness (QED) is 0.242. The molecule has 32 heavy (non-hydrogen) atoms. The summed E-state index contributed by atoms with van der Waals surface area (Å²) in [6.07, 6.45) is -10.2. The third-order valence-electron chi connectivity index (χ3n) is 4.94. The van der Waals surface area contributed by atoms with Crippen molar-refractivity contribution in [2.24, 2.45) is 5.41 Å². The van der Waals surface area contributed by atoms with Gasteiger partial charge in [-0.3, -0.25) is 9.59 Å². The van der Waals surface area contributed by atoms with Crippen molar-refractivity contribution >= 4 is 23.7 Å². The van der Waals surface area contributed by atoms with E-state index < -0.39 is 77.2 Å². The Hall–Kier alpha value is -2.68. The third-order valence-corrected chi connectivity index (χ3v) is 4.94. The van der Waals surface area contributed by atoms with E-state index in [-0.39, 0.29) is 0 Å². The molecule has 2 rings (SSSR count). The molecule has 0 unspecified atom stereocenters. The van der Waals surface area contributed by atoms with E-state index in [9.17, 15) is 45.5 Å². The first kappa shape index (κ1) is 25.6. The second-order valence-electron chi connectivity index (χ2n) is 7.03. The predicted molar refractivity (Wildman–Crippen MR) is 85.4 cm³/mol. The molecule has 0 saturated carbocycles. The number of ether oxygens (including phenoxy) is 5. The number of carbonyl (C=O) groups is 4. The van der Waals surface area contributed by atoms with Crippen LogP contribution in [0.5, 0.6) is 0 Å². The number of alkyl halides is 6. The Bertz CT molecular complexity index is 892. The first-order valence-corrected chi connectivity index (χ1v) is 8.53. The van der Waals surface area contributed by atoms with E-state index in [0.717, 1.165) is 21.1 Å². The molecule has 2 aliphatic heterocycles. The summed E-state index contributed by atoms with van der Waals surface area (Å²) >= 11 is 0. The standard InChI is InChI=1S/C17H16F6O9/c1-13(12(27)30-5-15(18,19)20)11(26)14(2)7(9(24)28-3)8(10(25)29-4)17(13,32-14)31-6-16(21,22)23/h5-6H2,1-4H3/t13-,14+,17-/m0/s1. The van der Waals surface area contributed by atoms with Crippen LogP contribution < -0.4 is 0 Å². The van der Waals surface area contributed by atoms with Gasteiger partial charge in [0.15, 0.2) is 23.4 Å². The molecule has 9 nitrogen and oxygen atoms in total. The van der Waals surface area contributed by atoms with Crippen LogP contribution in [0.2, 0.25) is 0 Å². The first-order valence-electron chi connectivity index (χ1n) is 8.53. The van der Waals surface area contributed by atoms with Crippen molar-refractivity contribution in [3.8, 4) is 0 Å². The second-order valence-corrected chi connectivity index (χ2v) is 7.03. The van der Waals surface area contributed by atoms with E-state index in [1.54, 1.807) is 0 Å². The number of hydrogen-bond donors (Lipinski definition) is 0. The highest BCUT2D eigenvalue weighted by Gasteiger charge is 2.82. The Morgan fingerprint density at radius 3 is 1.78 bits per heavy atom. The average Bonchev–Trinajstić information content (AvgIpc) is 3.06. The van der Waals surface area contributed by atoms with Gasteiger partial charge in [-0.25, -0.2) is 9.59 Å². The summed E-state index contributed by atoms with van der Waals surface area (Å²) in [4.78, 5) is 50.5. The van der Waals surface area contributed by atoms with E-state index >= 15 is 0 Å². The fraction of sp³-hybridized carbons (Fsp3) is 0.647. The van der Waals surface area contributed by atoms with Crippen molar-refractivity contribution in [2.75, 3.05) is 27.4 Å². The number of halogens is 6. The van der Waals surface area contributed by atoms with Crippen LogP contribution in [-0.4, -0.2) is 74.9 Å². The minimum atomic E-state index is -5.12. The van der Waals surface area contributed by atoms with Gasteiger partial charge < -0.3 is 23.7 Å². The van der Waals surface area contributed by atoms with Crippen molar-refractivity contribution in [2.45, 2.75) is 37.6 Å². The van der Waals surface area contributed by atoms with Crippen LogP contribution in [0.1, 0.15) is 13.8 Å². The van der Waals surface area contributed by atoms with Gasteiger partial charge in [0.1, 0.15) is 12.2 Å². The van der Waals surface area contributed by atoms with Gasteiger partial charge in [0, 0.05) is 0 Å². The number of fused-ring (bicyclic) bond motifs is 2. The van der Waals surface area contributed by atoms with Crippen LogP contribution in [0.4, 0.5) is 26.3 Å². The van der Waals surface area contributed by atoms with Crippen LogP contribution in [0.25, 0.3) is 0 Å². The molecule has 0 N–H and O–H groups in total. The fourth-order valence-electron chi connectivity index (χ4n) is 3.62. The van der Waals surface area contributed by atoms with E-state index in [4.69, 9.17) is 9.47 Å². The molecule has 2 bridgehead atoms. The van der Waals surface area contributed by atoms with Crippen molar-refractivity contribution < 1.29 is 69.2 Å². The SMILES string of the molecule is COC(=O)C1=C(C(=O)OC)[C@]2(OCC(F)(F)F)O[C@@]1(C)C(=O)[C@@]2(C)C(=O)OCC(F)(F)F. The molecule has 0 radical (unpaired) electrons. The molecule has 1 fully saturated rings. The number of ketones is 1. The number of methoxy groups -OCH3 is 2. The van der Waals surface area contributed by atoms with Crippen molar-refractivity contribution in [1.29, 1.82) is 0 Å². The summed E-state index contributed by atoms with van der Waals surface area (Å²) in [6.45, 7) is -3.05. The first-order chi connectivity index (χ1) is 14.4. The minimum absolute atomic E-state index is 0.576. The van der Waals surface area contributed by atoms with E-state index in [2.05, 4.69) is 14.2 Å². The number of esters is 3. The normalized spacial score (nSPS) is 29.9. The lowest BCUT2D eigenvalue weighted by molar-refractivity contribution is -0.285. The lowest BCUT2D eigenvalue weighted by Gasteiger charge is -2.39. The van der Waals surface area contributed by atoms with E-state index in [0.29, 0.717) is 6.92 Å². The molecule has 2 aliphatic rings. The number of Topliss-reactive ketones (excluding diaryl/α,β-unsaturated/α-hetero) is 1. The zero-order valence-electron chi connectivity index (χ0n) is 16.9. The van der Waals surface area contributed by atoms with Gasteiger partial charge in [-0.15, -0.1) is 0 Å². The largest absolute Gasteiger partial charge is 0.466 e. The van der Waals surface area contributed by atoms with Crippen molar-refractivity contribution in [3.63, 3.8) is 0 Å². The highest BCUT2D eigenvalue weighted by atomic mass is 19.4. The summed E-state index contributed by atoms with van der Waals surface area (Å²) in [5, 5.41) is 0. The van der Waals surface area contributed by atoms with Crippen LogP contribution in [0, 0.1) is 5.41 Å². The molecule has 0 aromatic rings. The van der Waals surface area contributed by atoms with Gasteiger partial charge in [-0.05, 0) is 13.8 Å². The maximum Gasteiger partial charge on any atom is 0.422 e. The molecule has 3 atom stereocenters. The summed E-state index contributed by atoms with van der Waals surface area (Å²) in [7, 11) is 1.56. The molecule has 0 aromatic heterocycles. The Balaban J connectivity index is 2.80. The highest BCUT2D eigenvalue weighted by Crippen LogP contribution is 2.62. The third kappa shape index (κ3) is 3.72. The molecule has 2 heterocycles. The predicted octanol–water partition coefficient (Wildman–Crippen LogP) is 1.39. The Kier molecular flexibility index (Phi) is 6.17. The second kappa shape index (κ2) is 7.72. The summed E-state index contributed by atoms with van der Waals surface area (Å²) in [5.74, 6) is -9.78. The lowest BCUT2D eigenvalue weighted by Crippen LogP contribution is -2.60. The Morgan fingerprint density at radius 2 is 1.34 bits per heavy atom. The number of carbonyl (C=O) groups excluding carboxylic acids is 4. The lowest BCUT2D eigenvalue weighted by atomic mass is 9.65. The van der Waals surface area contributed by atoms with E-state index in [1.807, 2.05) is 0 Å². The van der Waals surface area contributed by atoms with Gasteiger partial charge >= 0.3 is 30.3 Å². The molecular formula is C17H16F6O9. The minimum Gasteiger partial charge on any atom is -0.466 e. The Labute approximate surface area is 175 Å². The topological polar surface area (TPSA) is 114 Å². The van der Waals surface area contributed by atoms with Gasteiger partial charge in [0.2, 0.25) is 5.79 Å². The molecule has 180 valence electrons. The van der Waals surface area contributed by atoms with Crippen molar-refractivity contribution in [3.05, 3.63) is 11.1 Å². The maximum absolute atomic E-state index is 13.1. The molecule has 0 spiro atoms. The number of rotatable bonds is 6. The van der Waals surface area contributed by atoms with Crippen molar-refractivity contribution in [1.82, 2.24) is 0 Å². The van der Waals surface area contributed by atoms with Crippen LogP contribution >= 0.6 is 0 Å². The van der Waals surface area contributed by atoms with Crippen LogP contribution in [-0.2, 0) is 42.9 Å². The zero-order chi connectivity index (χ0) is 24.9. The monoisotopic (exact) mass is 478 g/mol. The summed E-state index contributed by atoms with van der Waals surface area (Å²) in [5.41, 5.74) is -7.77. The van der Waals surface area contributed by atoms with Gasteiger partial charge in [-0.2, -0.15) is 26.3 Å². The molecule has 15 heteroatoms. The zero-order valence-corrected chi connectivity index (χ0v) is 16.9. The highest BCUT2D eigenvalue weighted by molar-refractivity contribution is 6.21. The molecule has 0 amide bonds. The molecule has 0 aliphatic carbocycles. The summed E-state index contributed by atoms with van der Waals surface area (Å²) < 4.78 is 99.4. The van der Waals surface area contributed by atoms with Gasteiger partial charge in [-0.1, -0.05) is 0 Å². The maximum atomic E-state index is 13.1.